The van der Waals surface area contributed by atoms with E-state index in [2.05, 4.69) is 14.8 Å². The number of aromatic nitrogens is 2. The second-order valence-corrected chi connectivity index (χ2v) is 3.03. The van der Waals surface area contributed by atoms with Crippen LogP contribution in [0.3, 0.4) is 0 Å². The van der Waals surface area contributed by atoms with Crippen molar-refractivity contribution in [2.24, 2.45) is 0 Å². The molecule has 3 nitrogen and oxygen atoms in total. The highest BCUT2D eigenvalue weighted by Gasteiger charge is 2.10. The van der Waals surface area contributed by atoms with Crippen molar-refractivity contribution in [3.63, 3.8) is 0 Å². The smallest absolute Gasteiger partial charge is 0.257 e. The first-order chi connectivity index (χ1) is 6.19. The van der Waals surface area contributed by atoms with Crippen LogP contribution in [-0.2, 0) is 13.0 Å². The van der Waals surface area contributed by atoms with Crippen molar-refractivity contribution >= 4 is 11.6 Å². The minimum absolute atomic E-state index is 0.231. The Hall–Kier alpha value is -1.14. The van der Waals surface area contributed by atoms with Crippen molar-refractivity contribution in [2.45, 2.75) is 26.8 Å². The summed E-state index contributed by atoms with van der Waals surface area (Å²) in [5.41, 5.74) is 1.47. The summed E-state index contributed by atoms with van der Waals surface area (Å²) in [4.78, 5) is 11.6. The highest BCUT2D eigenvalue weighted by Crippen LogP contribution is 2.19. The van der Waals surface area contributed by atoms with Gasteiger partial charge in [-0.2, -0.15) is 0 Å². The van der Waals surface area contributed by atoms with Gasteiger partial charge < -0.3 is 4.85 Å². The van der Waals surface area contributed by atoms with Crippen LogP contribution < -0.4 is 0 Å². The van der Waals surface area contributed by atoms with Crippen LogP contribution in [0.2, 0.25) is 5.02 Å². The van der Waals surface area contributed by atoms with E-state index in [0.29, 0.717) is 16.5 Å². The summed E-state index contributed by atoms with van der Waals surface area (Å²) in [6, 6.07) is 0. The molecule has 0 bridgehead atoms. The minimum atomic E-state index is 0.231. The summed E-state index contributed by atoms with van der Waals surface area (Å²) in [6.07, 6.45) is 0.771. The standard InChI is InChI=1S/C9H10ClN3/c1-4-7-9(10)8(5-11-3)13-6(2)12-7/h4-5H2,1-2H3. The van der Waals surface area contributed by atoms with E-state index in [0.717, 1.165) is 12.1 Å². The van der Waals surface area contributed by atoms with Gasteiger partial charge >= 0.3 is 0 Å². The Morgan fingerprint density at radius 2 is 2.00 bits per heavy atom. The third kappa shape index (κ3) is 2.16. The summed E-state index contributed by atoms with van der Waals surface area (Å²) in [5, 5.41) is 0.545. The average Bonchev–Trinajstić information content (AvgIpc) is 2.11. The fraction of sp³-hybridized carbons (Fsp3) is 0.444. The molecular formula is C9H10ClN3. The van der Waals surface area contributed by atoms with Crippen molar-refractivity contribution in [2.75, 3.05) is 0 Å². The average molecular weight is 196 g/mol. The van der Waals surface area contributed by atoms with Gasteiger partial charge in [0, 0.05) is 0 Å². The van der Waals surface area contributed by atoms with Gasteiger partial charge in [-0.3, -0.25) is 0 Å². The SMILES string of the molecule is [C-]#[N+]Cc1nc(C)nc(CC)c1Cl. The van der Waals surface area contributed by atoms with Crippen molar-refractivity contribution in [1.29, 1.82) is 0 Å². The van der Waals surface area contributed by atoms with Crippen molar-refractivity contribution < 1.29 is 0 Å². The van der Waals surface area contributed by atoms with Gasteiger partial charge in [0.05, 0.1) is 10.7 Å². The number of nitrogens with zero attached hydrogens (tertiary/aromatic N) is 3. The first-order valence-electron chi connectivity index (χ1n) is 4.04. The van der Waals surface area contributed by atoms with E-state index in [-0.39, 0.29) is 6.54 Å². The van der Waals surface area contributed by atoms with Gasteiger partial charge in [0.25, 0.3) is 6.54 Å². The molecule has 0 spiro atoms. The van der Waals surface area contributed by atoms with Crippen LogP contribution in [0, 0.1) is 13.5 Å². The molecule has 0 aliphatic heterocycles. The van der Waals surface area contributed by atoms with Gasteiger partial charge in [0.2, 0.25) is 0 Å². The van der Waals surface area contributed by atoms with Crippen molar-refractivity contribution in [3.05, 3.63) is 33.7 Å². The predicted octanol–water partition coefficient (Wildman–Crippen LogP) is 2.42. The van der Waals surface area contributed by atoms with Crippen LogP contribution in [0.4, 0.5) is 0 Å². The molecule has 0 aliphatic carbocycles. The highest BCUT2D eigenvalue weighted by atomic mass is 35.5. The van der Waals surface area contributed by atoms with E-state index in [4.69, 9.17) is 18.2 Å². The van der Waals surface area contributed by atoms with Gasteiger partial charge in [0.1, 0.15) is 11.5 Å². The van der Waals surface area contributed by atoms with Crippen LogP contribution >= 0.6 is 11.6 Å². The van der Waals surface area contributed by atoms with Crippen molar-refractivity contribution in [3.8, 4) is 0 Å². The molecule has 1 rings (SSSR count). The summed E-state index contributed by atoms with van der Waals surface area (Å²) in [5.74, 6) is 0.680. The molecule has 1 heterocycles. The number of hydrogen-bond acceptors (Lipinski definition) is 2. The molecule has 1 aromatic heterocycles. The maximum absolute atomic E-state index is 6.74. The fourth-order valence-electron chi connectivity index (χ4n) is 1.09. The quantitative estimate of drug-likeness (QED) is 0.679. The van der Waals surface area contributed by atoms with Crippen LogP contribution in [0.5, 0.6) is 0 Å². The van der Waals surface area contributed by atoms with Gasteiger partial charge in [-0.1, -0.05) is 18.5 Å². The van der Waals surface area contributed by atoms with Gasteiger partial charge in [-0.25, -0.2) is 16.5 Å². The van der Waals surface area contributed by atoms with E-state index < -0.39 is 0 Å². The molecule has 0 aliphatic rings. The van der Waals surface area contributed by atoms with Crippen molar-refractivity contribution in [1.82, 2.24) is 9.97 Å². The molecule has 0 N–H and O–H groups in total. The molecule has 0 unspecified atom stereocenters. The minimum Gasteiger partial charge on any atom is -0.310 e. The third-order valence-electron chi connectivity index (χ3n) is 1.66. The molecule has 4 heteroatoms. The largest absolute Gasteiger partial charge is 0.310 e. The predicted molar refractivity (Wildman–Crippen MR) is 51.5 cm³/mol. The molecule has 0 saturated heterocycles. The lowest BCUT2D eigenvalue weighted by atomic mass is 10.2. The summed E-state index contributed by atoms with van der Waals surface area (Å²) >= 11 is 5.99. The van der Waals surface area contributed by atoms with Crippen LogP contribution in [0.25, 0.3) is 4.85 Å². The van der Waals surface area contributed by atoms with E-state index in [1.54, 1.807) is 0 Å². The lowest BCUT2D eigenvalue weighted by Crippen LogP contribution is -2.00. The molecule has 1 aromatic rings. The second kappa shape index (κ2) is 4.20. The topological polar surface area (TPSA) is 30.1 Å². The Kier molecular flexibility index (Phi) is 3.21. The maximum atomic E-state index is 6.74. The normalized spacial score (nSPS) is 9.69. The summed E-state index contributed by atoms with van der Waals surface area (Å²) < 4.78 is 0. The van der Waals surface area contributed by atoms with Gasteiger partial charge in [-0.05, 0) is 13.3 Å². The number of aryl methyl sites for hydroxylation is 2. The van der Waals surface area contributed by atoms with E-state index in [1.807, 2.05) is 13.8 Å². The van der Waals surface area contributed by atoms with Gasteiger partial charge in [0.15, 0.2) is 0 Å². The van der Waals surface area contributed by atoms with E-state index in [9.17, 15) is 0 Å². The Morgan fingerprint density at radius 3 is 2.54 bits per heavy atom. The zero-order valence-electron chi connectivity index (χ0n) is 7.63. The van der Waals surface area contributed by atoms with Crippen LogP contribution in [0.1, 0.15) is 24.1 Å². The van der Waals surface area contributed by atoms with Crippen LogP contribution in [-0.4, -0.2) is 9.97 Å². The zero-order valence-corrected chi connectivity index (χ0v) is 8.39. The molecule has 0 atom stereocenters. The number of rotatable bonds is 2. The lowest BCUT2D eigenvalue weighted by molar-refractivity contribution is 0.910. The summed E-state index contributed by atoms with van der Waals surface area (Å²) in [6.45, 7) is 10.8. The molecule has 0 radical (unpaired) electrons. The highest BCUT2D eigenvalue weighted by molar-refractivity contribution is 6.31. The van der Waals surface area contributed by atoms with Gasteiger partial charge in [-0.15, -0.1) is 0 Å². The molecule has 0 saturated carbocycles. The number of halogens is 1. The third-order valence-corrected chi connectivity index (χ3v) is 2.10. The molecule has 0 aromatic carbocycles. The maximum Gasteiger partial charge on any atom is 0.257 e. The Morgan fingerprint density at radius 1 is 1.38 bits per heavy atom. The molecule has 13 heavy (non-hydrogen) atoms. The molecular weight excluding hydrogens is 186 g/mol. The lowest BCUT2D eigenvalue weighted by Gasteiger charge is -2.03. The zero-order chi connectivity index (χ0) is 9.84. The first-order valence-corrected chi connectivity index (χ1v) is 4.42. The molecule has 0 amide bonds. The van der Waals surface area contributed by atoms with E-state index in [1.165, 1.54) is 0 Å². The molecule has 68 valence electrons. The Balaban J connectivity index is 3.20. The number of hydrogen-bond donors (Lipinski definition) is 0. The second-order valence-electron chi connectivity index (χ2n) is 2.65. The van der Waals surface area contributed by atoms with E-state index >= 15 is 0 Å². The van der Waals surface area contributed by atoms with Crippen LogP contribution in [0.15, 0.2) is 0 Å². The fourth-order valence-corrected chi connectivity index (χ4v) is 1.37. The first kappa shape index (κ1) is 9.94. The Bertz CT molecular complexity index is 355. The monoisotopic (exact) mass is 195 g/mol. The Labute approximate surface area is 82.6 Å². The molecule has 0 fully saturated rings. The summed E-state index contributed by atoms with van der Waals surface area (Å²) in [7, 11) is 0.